The van der Waals surface area contributed by atoms with Crippen LogP contribution in [0.15, 0.2) is 0 Å². The van der Waals surface area contributed by atoms with Crippen LogP contribution >= 0.6 is 0 Å². The molecule has 0 aromatic rings. The van der Waals surface area contributed by atoms with Crippen molar-refractivity contribution in [2.45, 2.75) is 25.8 Å². The third-order valence-electron chi connectivity index (χ3n) is 2.20. The van der Waals surface area contributed by atoms with Crippen molar-refractivity contribution in [3.05, 3.63) is 0 Å². The van der Waals surface area contributed by atoms with Gasteiger partial charge in [-0.25, -0.2) is 0 Å². The summed E-state index contributed by atoms with van der Waals surface area (Å²) in [5.74, 6) is 2.62. The van der Waals surface area contributed by atoms with Gasteiger partial charge in [0.25, 0.3) is 0 Å². The summed E-state index contributed by atoms with van der Waals surface area (Å²) < 4.78 is 5.16. The van der Waals surface area contributed by atoms with E-state index in [0.29, 0.717) is 13.2 Å². The van der Waals surface area contributed by atoms with E-state index in [1.54, 1.807) is 6.92 Å². The van der Waals surface area contributed by atoms with E-state index in [0.717, 1.165) is 12.8 Å². The topological polar surface area (TPSA) is 38.3 Å². The zero-order valence-corrected chi connectivity index (χ0v) is 7.88. The van der Waals surface area contributed by atoms with Gasteiger partial charge in [0.15, 0.2) is 0 Å². The number of hydrogen-bond acceptors (Lipinski definition) is 2. The summed E-state index contributed by atoms with van der Waals surface area (Å²) in [4.78, 5) is 11.5. The largest absolute Gasteiger partial charge is 0.381 e. The summed E-state index contributed by atoms with van der Waals surface area (Å²) in [6.07, 6.45) is 6.78. The fraction of sp³-hybridized carbons (Fsp3) is 0.700. The molecule has 3 heteroatoms. The molecule has 1 aliphatic rings. The van der Waals surface area contributed by atoms with Crippen molar-refractivity contribution in [1.82, 2.24) is 5.32 Å². The molecule has 0 aromatic carbocycles. The van der Waals surface area contributed by atoms with E-state index < -0.39 is 0 Å². The van der Waals surface area contributed by atoms with Gasteiger partial charge in [0.1, 0.15) is 0 Å². The molecule has 1 aliphatic heterocycles. The Kier molecular flexibility index (Phi) is 3.78. The Labute approximate surface area is 78.8 Å². The lowest BCUT2D eigenvalue weighted by molar-refractivity contribution is -0.128. The minimum Gasteiger partial charge on any atom is -0.381 e. The second kappa shape index (κ2) is 4.88. The summed E-state index contributed by atoms with van der Waals surface area (Å²) in [7, 11) is 0. The molecule has 0 saturated carbocycles. The molecule has 0 aliphatic carbocycles. The zero-order valence-electron chi connectivity index (χ0n) is 7.88. The highest BCUT2D eigenvalue weighted by atomic mass is 16.5. The standard InChI is InChI=1S/C10H15NO2/c1-3-8(2)11-10(12)9-4-6-13-7-5-9/h1,8-9H,4-7H2,2H3,(H,11,12). The number of carbonyl (C=O) groups is 1. The van der Waals surface area contributed by atoms with Crippen molar-refractivity contribution in [3.8, 4) is 12.3 Å². The molecule has 0 bridgehead atoms. The Hall–Kier alpha value is -1.01. The zero-order chi connectivity index (χ0) is 9.68. The molecular weight excluding hydrogens is 166 g/mol. The van der Waals surface area contributed by atoms with Gasteiger partial charge in [-0.2, -0.15) is 0 Å². The van der Waals surface area contributed by atoms with Gasteiger partial charge >= 0.3 is 0 Å². The van der Waals surface area contributed by atoms with Gasteiger partial charge in [-0.15, -0.1) is 6.42 Å². The number of ether oxygens (including phenoxy) is 1. The second-order valence-corrected chi connectivity index (χ2v) is 3.28. The molecule has 0 aromatic heterocycles. The Balaban J connectivity index is 2.34. The van der Waals surface area contributed by atoms with Crippen LogP contribution in [0.2, 0.25) is 0 Å². The predicted molar refractivity (Wildman–Crippen MR) is 50.0 cm³/mol. The first-order valence-electron chi connectivity index (χ1n) is 4.58. The first-order chi connectivity index (χ1) is 6.24. The lowest BCUT2D eigenvalue weighted by Gasteiger charge is -2.21. The van der Waals surface area contributed by atoms with Gasteiger partial charge in [0.2, 0.25) is 5.91 Å². The van der Waals surface area contributed by atoms with E-state index in [1.807, 2.05) is 0 Å². The molecule has 1 saturated heterocycles. The molecule has 1 heterocycles. The van der Waals surface area contributed by atoms with E-state index in [4.69, 9.17) is 11.2 Å². The Morgan fingerprint density at radius 3 is 2.77 bits per heavy atom. The number of nitrogens with one attached hydrogen (secondary N) is 1. The number of amides is 1. The third-order valence-corrected chi connectivity index (χ3v) is 2.20. The first-order valence-corrected chi connectivity index (χ1v) is 4.58. The van der Waals surface area contributed by atoms with Crippen molar-refractivity contribution < 1.29 is 9.53 Å². The van der Waals surface area contributed by atoms with Crippen LogP contribution in [0.4, 0.5) is 0 Å². The van der Waals surface area contributed by atoms with Gasteiger partial charge in [0.05, 0.1) is 6.04 Å². The summed E-state index contributed by atoms with van der Waals surface area (Å²) in [6.45, 7) is 3.17. The normalized spacial score (nSPS) is 20.3. The Morgan fingerprint density at radius 1 is 1.62 bits per heavy atom. The van der Waals surface area contributed by atoms with Gasteiger partial charge in [-0.1, -0.05) is 5.92 Å². The molecular formula is C10H15NO2. The molecule has 1 rings (SSSR count). The number of hydrogen-bond donors (Lipinski definition) is 1. The van der Waals surface area contributed by atoms with Gasteiger partial charge < -0.3 is 10.1 Å². The lowest BCUT2D eigenvalue weighted by atomic mass is 9.99. The van der Waals surface area contributed by atoms with Crippen molar-refractivity contribution in [1.29, 1.82) is 0 Å². The summed E-state index contributed by atoms with van der Waals surface area (Å²) in [5, 5.41) is 2.77. The minimum absolute atomic E-state index is 0.0637. The smallest absolute Gasteiger partial charge is 0.224 e. The molecule has 1 unspecified atom stereocenters. The summed E-state index contributed by atoms with van der Waals surface area (Å²) >= 11 is 0. The van der Waals surface area contributed by atoms with E-state index in [-0.39, 0.29) is 17.9 Å². The van der Waals surface area contributed by atoms with Crippen LogP contribution in [0.3, 0.4) is 0 Å². The van der Waals surface area contributed by atoms with Crippen molar-refractivity contribution >= 4 is 5.91 Å². The number of terminal acetylenes is 1. The highest BCUT2D eigenvalue weighted by Gasteiger charge is 2.21. The molecule has 0 radical (unpaired) electrons. The molecule has 1 fully saturated rings. The second-order valence-electron chi connectivity index (χ2n) is 3.28. The van der Waals surface area contributed by atoms with Crippen molar-refractivity contribution in [2.24, 2.45) is 5.92 Å². The van der Waals surface area contributed by atoms with E-state index >= 15 is 0 Å². The first kappa shape index (κ1) is 10.1. The maximum absolute atomic E-state index is 11.5. The van der Waals surface area contributed by atoms with Crippen LogP contribution in [0.5, 0.6) is 0 Å². The molecule has 13 heavy (non-hydrogen) atoms. The molecule has 3 nitrogen and oxygen atoms in total. The van der Waals surface area contributed by atoms with Crippen LogP contribution < -0.4 is 5.32 Å². The van der Waals surface area contributed by atoms with Crippen molar-refractivity contribution in [3.63, 3.8) is 0 Å². The monoisotopic (exact) mass is 181 g/mol. The van der Waals surface area contributed by atoms with E-state index in [1.165, 1.54) is 0 Å². The molecule has 1 N–H and O–H groups in total. The maximum Gasteiger partial charge on any atom is 0.224 e. The maximum atomic E-state index is 11.5. The van der Waals surface area contributed by atoms with Crippen LogP contribution in [0.1, 0.15) is 19.8 Å². The average molecular weight is 181 g/mol. The lowest BCUT2D eigenvalue weighted by Crippen LogP contribution is -2.38. The fourth-order valence-electron chi connectivity index (χ4n) is 1.33. The van der Waals surface area contributed by atoms with Gasteiger partial charge in [-0.3, -0.25) is 4.79 Å². The Bertz CT molecular complexity index is 213. The number of carbonyl (C=O) groups excluding carboxylic acids is 1. The SMILES string of the molecule is C#CC(C)NC(=O)C1CCOCC1. The molecule has 72 valence electrons. The van der Waals surface area contributed by atoms with E-state index in [2.05, 4.69) is 11.2 Å². The predicted octanol–water partition coefficient (Wildman–Crippen LogP) is 0.551. The van der Waals surface area contributed by atoms with Crippen molar-refractivity contribution in [2.75, 3.05) is 13.2 Å². The number of rotatable bonds is 2. The van der Waals surface area contributed by atoms with Gasteiger partial charge in [-0.05, 0) is 19.8 Å². The fourth-order valence-corrected chi connectivity index (χ4v) is 1.33. The molecule has 0 spiro atoms. The summed E-state index contributed by atoms with van der Waals surface area (Å²) in [5.41, 5.74) is 0. The van der Waals surface area contributed by atoms with E-state index in [9.17, 15) is 4.79 Å². The highest BCUT2D eigenvalue weighted by molar-refractivity contribution is 5.79. The Morgan fingerprint density at radius 2 is 2.23 bits per heavy atom. The molecule has 1 amide bonds. The third kappa shape index (κ3) is 3.08. The quantitative estimate of drug-likeness (QED) is 0.632. The van der Waals surface area contributed by atoms with Crippen LogP contribution in [0.25, 0.3) is 0 Å². The van der Waals surface area contributed by atoms with Crippen LogP contribution in [0, 0.1) is 18.3 Å². The minimum atomic E-state index is -0.171. The molecule has 1 atom stereocenters. The van der Waals surface area contributed by atoms with Crippen LogP contribution in [-0.2, 0) is 9.53 Å². The van der Waals surface area contributed by atoms with Gasteiger partial charge in [0, 0.05) is 19.1 Å². The summed E-state index contributed by atoms with van der Waals surface area (Å²) in [6, 6.07) is -0.171. The highest BCUT2D eigenvalue weighted by Crippen LogP contribution is 2.14. The van der Waals surface area contributed by atoms with Crippen LogP contribution in [-0.4, -0.2) is 25.2 Å². The average Bonchev–Trinajstić information content (AvgIpc) is 2.19.